The zero-order valence-electron chi connectivity index (χ0n) is 6.77. The minimum absolute atomic E-state index is 0.355. The molecule has 2 aliphatic rings. The maximum atomic E-state index is 9.70. The molecule has 0 fully saturated rings. The van der Waals surface area contributed by atoms with Crippen molar-refractivity contribution < 1.29 is 5.11 Å². The topological polar surface area (TPSA) is 23.5 Å². The van der Waals surface area contributed by atoms with Crippen molar-refractivity contribution in [2.24, 2.45) is 0 Å². The molecule has 0 aromatic heterocycles. The van der Waals surface area contributed by atoms with Crippen LogP contribution in [0.5, 0.6) is 0 Å². The molecule has 0 bridgehead atoms. The number of aliphatic hydroxyl groups excluding tert-OH is 1. The second-order valence-electron chi connectivity index (χ2n) is 2.86. The predicted octanol–water partition coefficient (Wildman–Crippen LogP) is 2.10. The van der Waals surface area contributed by atoms with Crippen LogP contribution < -0.4 is 0 Å². The van der Waals surface area contributed by atoms with E-state index in [-0.39, 0.29) is 0 Å². The quantitative estimate of drug-likeness (QED) is 0.595. The molecule has 0 saturated heterocycles. The van der Waals surface area contributed by atoms with E-state index in [1.165, 1.54) is 0 Å². The van der Waals surface area contributed by atoms with E-state index < -0.39 is 0 Å². The van der Waals surface area contributed by atoms with Gasteiger partial charge in [-0.05, 0) is 18.6 Å². The van der Waals surface area contributed by atoms with E-state index in [9.17, 15) is 5.11 Å². The average molecular weight is 161 g/mol. The summed E-state index contributed by atoms with van der Waals surface area (Å²) in [6.07, 6.45) is 12.6. The van der Waals surface area contributed by atoms with Gasteiger partial charge in [-0.1, -0.05) is 18.2 Å². The van der Waals surface area contributed by atoms with Gasteiger partial charge in [0.2, 0.25) is 0 Å². The third-order valence-corrected chi connectivity index (χ3v) is 2.01. The Morgan fingerprint density at radius 2 is 2.08 bits per heavy atom. The molecular formula is C10H11NO. The number of nitrogens with zero attached hydrogens (tertiary/aromatic N) is 1. The van der Waals surface area contributed by atoms with Gasteiger partial charge in [0, 0.05) is 18.3 Å². The van der Waals surface area contributed by atoms with Crippen molar-refractivity contribution in [2.75, 3.05) is 6.54 Å². The molecule has 0 aromatic carbocycles. The monoisotopic (exact) mass is 161 g/mol. The van der Waals surface area contributed by atoms with E-state index in [0.29, 0.717) is 5.88 Å². The first kappa shape index (κ1) is 7.22. The van der Waals surface area contributed by atoms with Gasteiger partial charge >= 0.3 is 0 Å². The van der Waals surface area contributed by atoms with E-state index in [4.69, 9.17) is 0 Å². The van der Waals surface area contributed by atoms with Gasteiger partial charge < -0.3 is 10.0 Å². The molecule has 0 unspecified atom stereocenters. The number of allylic oxidation sites excluding steroid dienone is 5. The lowest BCUT2D eigenvalue weighted by molar-refractivity contribution is 0.263. The van der Waals surface area contributed by atoms with Crippen LogP contribution in [0.4, 0.5) is 0 Å². The minimum Gasteiger partial charge on any atom is -0.494 e. The van der Waals surface area contributed by atoms with Crippen molar-refractivity contribution in [2.45, 2.75) is 6.42 Å². The molecule has 0 radical (unpaired) electrons. The summed E-state index contributed by atoms with van der Waals surface area (Å²) in [6, 6.07) is 0. The summed E-state index contributed by atoms with van der Waals surface area (Å²) in [4.78, 5) is 1.86. The van der Waals surface area contributed by atoms with Crippen LogP contribution in [0.15, 0.2) is 48.0 Å². The van der Waals surface area contributed by atoms with Gasteiger partial charge in [0.25, 0.3) is 0 Å². The molecule has 2 nitrogen and oxygen atoms in total. The third kappa shape index (κ3) is 1.16. The maximum Gasteiger partial charge on any atom is 0.198 e. The van der Waals surface area contributed by atoms with Crippen molar-refractivity contribution >= 4 is 0 Å². The lowest BCUT2D eigenvalue weighted by atomic mass is 10.3. The zero-order chi connectivity index (χ0) is 8.39. The van der Waals surface area contributed by atoms with Crippen molar-refractivity contribution in [1.82, 2.24) is 4.90 Å². The van der Waals surface area contributed by atoms with Crippen LogP contribution in [0.3, 0.4) is 0 Å². The molecule has 0 spiro atoms. The predicted molar refractivity (Wildman–Crippen MR) is 48.4 cm³/mol. The van der Waals surface area contributed by atoms with E-state index in [1.807, 2.05) is 35.4 Å². The van der Waals surface area contributed by atoms with Crippen LogP contribution in [0.1, 0.15) is 6.42 Å². The summed E-state index contributed by atoms with van der Waals surface area (Å²) >= 11 is 0. The van der Waals surface area contributed by atoms with E-state index >= 15 is 0 Å². The third-order valence-electron chi connectivity index (χ3n) is 2.01. The summed E-state index contributed by atoms with van der Waals surface area (Å²) in [5, 5.41) is 9.70. The maximum absolute atomic E-state index is 9.70. The van der Waals surface area contributed by atoms with E-state index in [0.717, 1.165) is 18.5 Å². The van der Waals surface area contributed by atoms with Crippen molar-refractivity contribution in [3.8, 4) is 0 Å². The highest BCUT2D eigenvalue weighted by molar-refractivity contribution is 5.41. The second kappa shape index (κ2) is 2.89. The summed E-state index contributed by atoms with van der Waals surface area (Å²) in [5.74, 6) is 0.355. The summed E-state index contributed by atoms with van der Waals surface area (Å²) in [6.45, 7) is 0.886. The van der Waals surface area contributed by atoms with Crippen LogP contribution in [0.25, 0.3) is 0 Å². The Morgan fingerprint density at radius 3 is 2.67 bits per heavy atom. The standard InChI is InChI=1S/C10H11NO/c12-10(9-5-1-2-6-9)11-7-3-4-8-11/h1-3,5-7,12H,4,8H2. The summed E-state index contributed by atoms with van der Waals surface area (Å²) in [7, 11) is 0. The van der Waals surface area contributed by atoms with Crippen molar-refractivity contribution in [1.29, 1.82) is 0 Å². The Bertz CT molecular complexity index is 283. The average Bonchev–Trinajstić information content (AvgIpc) is 2.77. The summed E-state index contributed by atoms with van der Waals surface area (Å²) in [5.41, 5.74) is 0.890. The Hall–Kier alpha value is -1.44. The highest BCUT2D eigenvalue weighted by Gasteiger charge is 2.11. The van der Waals surface area contributed by atoms with Gasteiger partial charge in [0.15, 0.2) is 5.88 Å². The SMILES string of the molecule is OC(=C1C=CC=C1)N1C=CCC1. The van der Waals surface area contributed by atoms with Crippen LogP contribution in [0.2, 0.25) is 0 Å². The molecule has 2 rings (SSSR count). The number of rotatable bonds is 1. The first-order valence-electron chi connectivity index (χ1n) is 4.09. The number of hydrogen-bond acceptors (Lipinski definition) is 2. The van der Waals surface area contributed by atoms with Crippen molar-refractivity contribution in [3.05, 3.63) is 48.0 Å². The molecule has 1 aliphatic heterocycles. The van der Waals surface area contributed by atoms with Gasteiger partial charge in [-0.15, -0.1) is 0 Å². The smallest absolute Gasteiger partial charge is 0.198 e. The van der Waals surface area contributed by atoms with E-state index in [2.05, 4.69) is 6.08 Å². The van der Waals surface area contributed by atoms with Crippen LogP contribution in [-0.2, 0) is 0 Å². The number of hydrogen-bond donors (Lipinski definition) is 1. The van der Waals surface area contributed by atoms with Gasteiger partial charge in [-0.2, -0.15) is 0 Å². The molecule has 1 N–H and O–H groups in total. The first-order chi connectivity index (χ1) is 5.88. The van der Waals surface area contributed by atoms with Crippen molar-refractivity contribution in [3.63, 3.8) is 0 Å². The fraction of sp³-hybridized carbons (Fsp3) is 0.200. The Kier molecular flexibility index (Phi) is 1.74. The molecule has 0 saturated carbocycles. The lowest BCUT2D eigenvalue weighted by Crippen LogP contribution is -2.14. The van der Waals surface area contributed by atoms with Crippen LogP contribution in [0, 0.1) is 0 Å². The molecule has 1 heterocycles. The first-order valence-corrected chi connectivity index (χ1v) is 4.09. The van der Waals surface area contributed by atoms with Gasteiger partial charge in [0.05, 0.1) is 0 Å². The Balaban J connectivity index is 2.22. The molecular weight excluding hydrogens is 150 g/mol. The van der Waals surface area contributed by atoms with Gasteiger partial charge in [-0.25, -0.2) is 0 Å². The number of aliphatic hydroxyl groups is 1. The van der Waals surface area contributed by atoms with Gasteiger partial charge in [-0.3, -0.25) is 0 Å². The largest absolute Gasteiger partial charge is 0.494 e. The normalized spacial score (nSPS) is 19.7. The summed E-state index contributed by atoms with van der Waals surface area (Å²) < 4.78 is 0. The molecule has 0 amide bonds. The van der Waals surface area contributed by atoms with Crippen LogP contribution in [-0.4, -0.2) is 16.6 Å². The highest BCUT2D eigenvalue weighted by Crippen LogP contribution is 2.18. The second-order valence-corrected chi connectivity index (χ2v) is 2.86. The lowest BCUT2D eigenvalue weighted by Gasteiger charge is -2.14. The fourth-order valence-corrected chi connectivity index (χ4v) is 1.36. The van der Waals surface area contributed by atoms with E-state index in [1.54, 1.807) is 0 Å². The molecule has 1 aliphatic carbocycles. The minimum atomic E-state index is 0.355. The highest BCUT2D eigenvalue weighted by atomic mass is 16.3. The molecule has 2 heteroatoms. The fourth-order valence-electron chi connectivity index (χ4n) is 1.36. The molecule has 0 aromatic rings. The molecule has 12 heavy (non-hydrogen) atoms. The van der Waals surface area contributed by atoms with Gasteiger partial charge in [0.1, 0.15) is 0 Å². The Labute approximate surface area is 71.8 Å². The molecule has 0 atom stereocenters. The molecule has 62 valence electrons. The Morgan fingerprint density at radius 1 is 1.33 bits per heavy atom. The zero-order valence-corrected chi connectivity index (χ0v) is 6.77. The van der Waals surface area contributed by atoms with Crippen LogP contribution >= 0.6 is 0 Å².